The van der Waals surface area contributed by atoms with Crippen molar-refractivity contribution in [1.29, 1.82) is 0 Å². The predicted octanol–water partition coefficient (Wildman–Crippen LogP) is 2.95. The second kappa shape index (κ2) is 10.6. The van der Waals surface area contributed by atoms with Gasteiger partial charge in [-0.2, -0.15) is 0 Å². The molecule has 2 amide bonds. The van der Waals surface area contributed by atoms with Crippen LogP contribution in [0.1, 0.15) is 35.1 Å². The predicted molar refractivity (Wildman–Crippen MR) is 114 cm³/mol. The van der Waals surface area contributed by atoms with E-state index in [2.05, 4.69) is 15.6 Å². The molecule has 0 aliphatic rings. The Morgan fingerprint density at radius 1 is 1.21 bits per heavy atom. The maximum absolute atomic E-state index is 12.2. The summed E-state index contributed by atoms with van der Waals surface area (Å²) < 4.78 is 5.07. The number of benzene rings is 1. The number of amides is 2. The number of ether oxygens (including phenoxy) is 1. The quantitative estimate of drug-likeness (QED) is 0.454. The topological polar surface area (TPSA) is 101 Å². The highest BCUT2D eigenvalue weighted by molar-refractivity contribution is 7.17. The zero-order valence-corrected chi connectivity index (χ0v) is 17.9. The van der Waals surface area contributed by atoms with Crippen LogP contribution in [0, 0.1) is 6.92 Å². The first-order valence-electron chi connectivity index (χ1n) is 9.20. The normalized spacial score (nSPS) is 10.3. The van der Waals surface area contributed by atoms with Gasteiger partial charge in [-0.15, -0.1) is 0 Å². The van der Waals surface area contributed by atoms with Crippen LogP contribution in [0.5, 0.6) is 5.75 Å². The Bertz CT molecular complexity index is 864. The van der Waals surface area contributed by atoms with Crippen molar-refractivity contribution in [2.45, 2.75) is 26.7 Å². The number of aromatic nitrogens is 1. The fourth-order valence-electron chi connectivity index (χ4n) is 2.60. The number of ketones is 1. The number of Topliss-reactive ketones (excluding diaryl/α,β-unsaturated/α-hetero) is 1. The van der Waals surface area contributed by atoms with Gasteiger partial charge in [0.25, 0.3) is 0 Å². The first-order chi connectivity index (χ1) is 13.8. The lowest BCUT2D eigenvalue weighted by Gasteiger charge is -2.17. The van der Waals surface area contributed by atoms with Crippen molar-refractivity contribution in [3.8, 4) is 5.75 Å². The molecule has 0 bridgehead atoms. The van der Waals surface area contributed by atoms with Crippen LogP contribution < -0.4 is 15.4 Å². The van der Waals surface area contributed by atoms with E-state index in [0.29, 0.717) is 46.5 Å². The van der Waals surface area contributed by atoms with Crippen molar-refractivity contribution >= 4 is 39.8 Å². The summed E-state index contributed by atoms with van der Waals surface area (Å²) in [6.07, 6.45) is 0.903. The van der Waals surface area contributed by atoms with E-state index in [1.807, 2.05) is 0 Å². The molecular formula is C20H26N4O4S. The minimum absolute atomic E-state index is 0.00207. The van der Waals surface area contributed by atoms with E-state index in [0.717, 1.165) is 0 Å². The number of rotatable bonds is 10. The summed E-state index contributed by atoms with van der Waals surface area (Å²) >= 11 is 1.32. The Labute approximate surface area is 174 Å². The van der Waals surface area contributed by atoms with Crippen molar-refractivity contribution in [2.24, 2.45) is 0 Å². The number of carbonyl (C=O) groups is 3. The zero-order valence-electron chi connectivity index (χ0n) is 17.1. The van der Waals surface area contributed by atoms with E-state index in [-0.39, 0.29) is 24.1 Å². The molecule has 1 aromatic heterocycles. The average Bonchev–Trinajstić information content (AvgIpc) is 3.06. The molecule has 8 nitrogen and oxygen atoms in total. The molecule has 0 saturated carbocycles. The number of anilines is 2. The van der Waals surface area contributed by atoms with Crippen LogP contribution in [0.15, 0.2) is 24.3 Å². The molecule has 1 heterocycles. The van der Waals surface area contributed by atoms with Crippen molar-refractivity contribution < 1.29 is 19.1 Å². The summed E-state index contributed by atoms with van der Waals surface area (Å²) in [6.45, 7) is 3.85. The van der Waals surface area contributed by atoms with Gasteiger partial charge in [0.1, 0.15) is 5.75 Å². The first kappa shape index (κ1) is 22.4. The molecule has 2 rings (SSSR count). The summed E-state index contributed by atoms with van der Waals surface area (Å²) in [5.41, 5.74) is 1.35. The molecule has 0 fully saturated rings. The second-order valence-electron chi connectivity index (χ2n) is 6.55. The molecule has 156 valence electrons. The van der Waals surface area contributed by atoms with Gasteiger partial charge in [-0.05, 0) is 37.6 Å². The maximum atomic E-state index is 12.2. The third-order valence-corrected chi connectivity index (χ3v) is 5.36. The summed E-state index contributed by atoms with van der Waals surface area (Å²) in [4.78, 5) is 42.1. The number of hydrogen-bond donors (Lipinski definition) is 2. The Balaban J connectivity index is 1.70. The molecule has 2 aromatic rings. The van der Waals surface area contributed by atoms with Crippen molar-refractivity contribution in [1.82, 2.24) is 9.88 Å². The van der Waals surface area contributed by atoms with Gasteiger partial charge in [0.15, 0.2) is 10.9 Å². The molecule has 0 atom stereocenters. The lowest BCUT2D eigenvalue weighted by Crippen LogP contribution is -2.35. The van der Waals surface area contributed by atoms with Gasteiger partial charge in [-0.3, -0.25) is 14.4 Å². The Hall–Kier alpha value is -2.94. The van der Waals surface area contributed by atoms with E-state index < -0.39 is 0 Å². The van der Waals surface area contributed by atoms with Crippen LogP contribution in [0.25, 0.3) is 0 Å². The lowest BCUT2D eigenvalue weighted by atomic mass is 10.2. The standard InChI is InChI=1S/C20H26N4O4S/c1-13-19(14(2)25)29-20(22-13)21-11-5-6-18(27)24(3)12-17(26)23-15-7-9-16(28-4)10-8-15/h7-10H,5-6,11-12H2,1-4H3,(H,21,22)(H,23,26). The SMILES string of the molecule is COc1ccc(NC(=O)CN(C)C(=O)CCCNc2nc(C)c(C(C)=O)s2)cc1. The van der Waals surface area contributed by atoms with E-state index in [1.165, 1.54) is 23.2 Å². The summed E-state index contributed by atoms with van der Waals surface area (Å²) in [5, 5.41) is 6.56. The molecule has 0 aliphatic carbocycles. The molecule has 0 aliphatic heterocycles. The fraction of sp³-hybridized carbons (Fsp3) is 0.400. The van der Waals surface area contributed by atoms with E-state index in [1.54, 1.807) is 45.3 Å². The van der Waals surface area contributed by atoms with Crippen molar-refractivity contribution in [3.05, 3.63) is 34.8 Å². The number of aryl methyl sites for hydroxylation is 1. The monoisotopic (exact) mass is 418 g/mol. The smallest absolute Gasteiger partial charge is 0.243 e. The molecule has 0 spiro atoms. The Kier molecular flexibility index (Phi) is 8.14. The average molecular weight is 419 g/mol. The van der Waals surface area contributed by atoms with Crippen LogP contribution in [0.2, 0.25) is 0 Å². The van der Waals surface area contributed by atoms with Crippen molar-refractivity contribution in [3.63, 3.8) is 0 Å². The highest BCUT2D eigenvalue weighted by Crippen LogP contribution is 2.22. The van der Waals surface area contributed by atoms with E-state index in [4.69, 9.17) is 4.74 Å². The van der Waals surface area contributed by atoms with E-state index >= 15 is 0 Å². The summed E-state index contributed by atoms with van der Waals surface area (Å²) in [6, 6.07) is 6.98. The number of methoxy groups -OCH3 is 1. The molecule has 9 heteroatoms. The van der Waals surface area contributed by atoms with Gasteiger partial charge in [-0.25, -0.2) is 4.98 Å². The summed E-state index contributed by atoms with van der Waals surface area (Å²) in [7, 11) is 3.18. The highest BCUT2D eigenvalue weighted by Gasteiger charge is 2.14. The largest absolute Gasteiger partial charge is 0.497 e. The van der Waals surface area contributed by atoms with Crippen LogP contribution in [-0.4, -0.2) is 54.7 Å². The number of nitrogens with zero attached hydrogens (tertiary/aromatic N) is 2. The lowest BCUT2D eigenvalue weighted by molar-refractivity contribution is -0.133. The van der Waals surface area contributed by atoms with Gasteiger partial charge in [-0.1, -0.05) is 11.3 Å². The van der Waals surface area contributed by atoms with E-state index in [9.17, 15) is 14.4 Å². The first-order valence-corrected chi connectivity index (χ1v) is 10.0. The molecular weight excluding hydrogens is 392 g/mol. The number of likely N-dealkylation sites (N-methyl/N-ethyl adjacent to an activating group) is 1. The Morgan fingerprint density at radius 2 is 1.90 bits per heavy atom. The van der Waals surface area contributed by atoms with Crippen molar-refractivity contribution in [2.75, 3.05) is 37.9 Å². The maximum Gasteiger partial charge on any atom is 0.243 e. The molecule has 29 heavy (non-hydrogen) atoms. The van der Waals surface area contributed by atoms with Crippen LogP contribution in [-0.2, 0) is 9.59 Å². The second-order valence-corrected chi connectivity index (χ2v) is 7.55. The summed E-state index contributed by atoms with van der Waals surface area (Å²) in [5.74, 6) is 0.322. The van der Waals surface area contributed by atoms with Crippen LogP contribution >= 0.6 is 11.3 Å². The Morgan fingerprint density at radius 3 is 2.48 bits per heavy atom. The number of hydrogen-bond acceptors (Lipinski definition) is 7. The van der Waals surface area contributed by atoms with Gasteiger partial charge >= 0.3 is 0 Å². The molecule has 0 saturated heterocycles. The van der Waals surface area contributed by atoms with Crippen LogP contribution in [0.3, 0.4) is 0 Å². The molecule has 2 N–H and O–H groups in total. The third-order valence-electron chi connectivity index (χ3n) is 4.14. The molecule has 0 radical (unpaired) electrons. The van der Waals surface area contributed by atoms with Gasteiger partial charge in [0, 0.05) is 32.6 Å². The van der Waals surface area contributed by atoms with Gasteiger partial charge in [0.05, 0.1) is 24.2 Å². The van der Waals surface area contributed by atoms with Crippen LogP contribution in [0.4, 0.5) is 10.8 Å². The number of nitrogens with one attached hydrogen (secondary N) is 2. The number of thiazole rings is 1. The minimum Gasteiger partial charge on any atom is -0.497 e. The minimum atomic E-state index is -0.265. The zero-order chi connectivity index (χ0) is 21.4. The molecule has 0 unspecified atom stereocenters. The van der Waals surface area contributed by atoms with Gasteiger partial charge in [0.2, 0.25) is 11.8 Å². The number of carbonyl (C=O) groups excluding carboxylic acids is 3. The third kappa shape index (κ3) is 6.86. The molecule has 1 aromatic carbocycles. The van der Waals surface area contributed by atoms with Gasteiger partial charge < -0.3 is 20.3 Å². The fourth-order valence-corrected chi connectivity index (χ4v) is 3.49. The highest BCUT2D eigenvalue weighted by atomic mass is 32.1.